The van der Waals surface area contributed by atoms with Gasteiger partial charge in [-0.25, -0.2) is 4.98 Å². The lowest BCUT2D eigenvalue weighted by molar-refractivity contribution is -0.111. The van der Waals surface area contributed by atoms with Gasteiger partial charge in [0.2, 0.25) is 5.91 Å². The lowest BCUT2D eigenvalue weighted by Crippen LogP contribution is -2.31. The lowest BCUT2D eigenvalue weighted by Gasteiger charge is -2.18. The van der Waals surface area contributed by atoms with Crippen molar-refractivity contribution in [3.63, 3.8) is 0 Å². The minimum Gasteiger partial charge on any atom is -0.365 e. The first-order valence-electron chi connectivity index (χ1n) is 9.67. The van der Waals surface area contributed by atoms with E-state index in [1.165, 1.54) is 24.5 Å². The van der Waals surface area contributed by atoms with Gasteiger partial charge >= 0.3 is 0 Å². The smallest absolute Gasteiger partial charge is 0.253 e. The molecule has 1 atom stereocenters. The van der Waals surface area contributed by atoms with Crippen LogP contribution in [0.25, 0.3) is 0 Å². The van der Waals surface area contributed by atoms with Gasteiger partial charge in [-0.2, -0.15) is 0 Å². The number of carbonyl (C=O) groups excluding carboxylic acids is 2. The number of hydrogen-bond acceptors (Lipinski definition) is 4. The molecule has 1 aromatic heterocycles. The largest absolute Gasteiger partial charge is 0.365 e. The van der Waals surface area contributed by atoms with Gasteiger partial charge in [-0.1, -0.05) is 12.6 Å². The summed E-state index contributed by atoms with van der Waals surface area (Å²) < 4.78 is 0. The molecule has 0 radical (unpaired) electrons. The molecule has 1 aliphatic heterocycles. The molecule has 1 saturated heterocycles. The van der Waals surface area contributed by atoms with Crippen LogP contribution < -0.4 is 10.6 Å². The Morgan fingerprint density at radius 1 is 1.11 bits per heavy atom. The molecule has 2 fully saturated rings. The zero-order valence-electron chi connectivity index (χ0n) is 15.7. The Hall–Kier alpha value is -3.15. The van der Waals surface area contributed by atoms with Crippen LogP contribution >= 0.6 is 0 Å². The monoisotopic (exact) mass is 376 g/mol. The van der Waals surface area contributed by atoms with Crippen LogP contribution in [-0.2, 0) is 4.79 Å². The molecule has 6 heteroatoms. The highest BCUT2D eigenvalue weighted by atomic mass is 16.2. The summed E-state index contributed by atoms with van der Waals surface area (Å²) in [6.45, 7) is 4.79. The van der Waals surface area contributed by atoms with Gasteiger partial charge in [-0.15, -0.1) is 0 Å². The van der Waals surface area contributed by atoms with Crippen LogP contribution in [0.3, 0.4) is 0 Å². The highest BCUT2D eigenvalue weighted by molar-refractivity contribution is 5.99. The first-order valence-corrected chi connectivity index (χ1v) is 9.67. The first kappa shape index (κ1) is 18.2. The summed E-state index contributed by atoms with van der Waals surface area (Å²) in [5, 5.41) is 6.12. The molecular weight excluding hydrogens is 352 g/mol. The predicted octanol–water partition coefficient (Wildman–Crippen LogP) is 3.41. The van der Waals surface area contributed by atoms with Crippen molar-refractivity contribution in [3.8, 4) is 0 Å². The van der Waals surface area contributed by atoms with Crippen molar-refractivity contribution in [1.82, 2.24) is 9.88 Å². The summed E-state index contributed by atoms with van der Waals surface area (Å²) in [6, 6.07) is 11.3. The van der Waals surface area contributed by atoms with E-state index >= 15 is 0 Å². The molecule has 1 unspecified atom stereocenters. The second kappa shape index (κ2) is 7.84. The molecule has 0 bridgehead atoms. The maximum absolute atomic E-state index is 12.7. The average molecular weight is 376 g/mol. The van der Waals surface area contributed by atoms with E-state index in [-0.39, 0.29) is 17.9 Å². The Morgan fingerprint density at radius 3 is 2.54 bits per heavy atom. The van der Waals surface area contributed by atoms with E-state index in [0.717, 1.165) is 12.2 Å². The maximum atomic E-state index is 12.7. The van der Waals surface area contributed by atoms with E-state index in [4.69, 9.17) is 0 Å². The Labute approximate surface area is 164 Å². The van der Waals surface area contributed by atoms with Gasteiger partial charge in [0.15, 0.2) is 0 Å². The number of benzene rings is 1. The van der Waals surface area contributed by atoms with Crippen molar-refractivity contribution in [3.05, 3.63) is 66.4 Å². The van der Waals surface area contributed by atoms with Crippen molar-refractivity contribution < 1.29 is 9.59 Å². The normalized spacial score (nSPS) is 18.6. The minimum atomic E-state index is -0.272. The molecule has 0 spiro atoms. The number of aromatic nitrogens is 1. The number of amides is 2. The Balaban J connectivity index is 1.32. The van der Waals surface area contributed by atoms with E-state index in [9.17, 15) is 9.59 Å². The summed E-state index contributed by atoms with van der Waals surface area (Å²) >= 11 is 0. The second-order valence-electron chi connectivity index (χ2n) is 7.40. The van der Waals surface area contributed by atoms with Crippen LogP contribution in [0.1, 0.15) is 41.1 Å². The molecule has 2 amide bonds. The minimum absolute atomic E-state index is 0.00272. The lowest BCUT2D eigenvalue weighted by atomic mass is 10.2. The summed E-state index contributed by atoms with van der Waals surface area (Å²) in [4.78, 5) is 30.4. The summed E-state index contributed by atoms with van der Waals surface area (Å²) in [5.41, 5.74) is 2.58. The van der Waals surface area contributed by atoms with E-state index in [2.05, 4.69) is 28.3 Å². The van der Waals surface area contributed by atoms with E-state index < -0.39 is 0 Å². The number of hydrogen-bond donors (Lipinski definition) is 2. The van der Waals surface area contributed by atoms with Crippen molar-refractivity contribution in [1.29, 1.82) is 0 Å². The Morgan fingerprint density at radius 2 is 1.89 bits per heavy atom. The fourth-order valence-electron chi connectivity index (χ4n) is 3.49. The van der Waals surface area contributed by atoms with Crippen molar-refractivity contribution in [2.24, 2.45) is 0 Å². The SMILES string of the molecule is C=CC(=O)Nc1ccc(C(=O)N2CCC(Nc3ccc(C4CC4)cn3)C2)cc1. The number of rotatable bonds is 6. The average Bonchev–Trinajstić information content (AvgIpc) is 3.47. The molecule has 2 N–H and O–H groups in total. The number of pyridine rings is 1. The zero-order valence-corrected chi connectivity index (χ0v) is 15.7. The zero-order chi connectivity index (χ0) is 19.5. The molecule has 6 nitrogen and oxygen atoms in total. The molecule has 2 aliphatic rings. The number of carbonyl (C=O) groups is 2. The second-order valence-corrected chi connectivity index (χ2v) is 7.40. The van der Waals surface area contributed by atoms with Gasteiger partial charge in [-0.3, -0.25) is 9.59 Å². The fourth-order valence-corrected chi connectivity index (χ4v) is 3.49. The van der Waals surface area contributed by atoms with E-state index in [1.807, 2.05) is 17.2 Å². The summed E-state index contributed by atoms with van der Waals surface area (Å²) in [6.07, 6.45) is 6.62. The van der Waals surface area contributed by atoms with Gasteiger partial charge in [-0.05, 0) is 67.2 Å². The van der Waals surface area contributed by atoms with Gasteiger partial charge in [0, 0.05) is 36.6 Å². The number of nitrogens with one attached hydrogen (secondary N) is 2. The molecular formula is C22H24N4O2. The van der Waals surface area contributed by atoms with Gasteiger partial charge in [0.05, 0.1) is 0 Å². The fraction of sp³-hybridized carbons (Fsp3) is 0.318. The van der Waals surface area contributed by atoms with Gasteiger partial charge in [0.25, 0.3) is 5.91 Å². The van der Waals surface area contributed by atoms with Crippen LogP contribution in [0.5, 0.6) is 0 Å². The predicted molar refractivity (Wildman–Crippen MR) is 109 cm³/mol. The molecule has 2 aromatic rings. The third-order valence-corrected chi connectivity index (χ3v) is 5.25. The van der Waals surface area contributed by atoms with Crippen LogP contribution in [0, 0.1) is 0 Å². The summed E-state index contributed by atoms with van der Waals surface area (Å²) in [5.74, 6) is 1.30. The number of nitrogens with zero attached hydrogens (tertiary/aromatic N) is 2. The van der Waals surface area contributed by atoms with E-state index in [0.29, 0.717) is 30.3 Å². The molecule has 144 valence electrons. The van der Waals surface area contributed by atoms with Gasteiger partial charge in [0.1, 0.15) is 5.82 Å². The molecule has 1 aromatic carbocycles. The Kier molecular flexibility index (Phi) is 5.10. The third kappa shape index (κ3) is 4.22. The summed E-state index contributed by atoms with van der Waals surface area (Å²) in [7, 11) is 0. The molecule has 28 heavy (non-hydrogen) atoms. The Bertz CT molecular complexity index is 872. The van der Waals surface area contributed by atoms with Crippen LogP contribution in [0.4, 0.5) is 11.5 Å². The van der Waals surface area contributed by atoms with Crippen LogP contribution in [0.2, 0.25) is 0 Å². The molecule has 4 rings (SSSR count). The van der Waals surface area contributed by atoms with Crippen molar-refractivity contribution in [2.75, 3.05) is 23.7 Å². The maximum Gasteiger partial charge on any atom is 0.253 e. The quantitative estimate of drug-likeness (QED) is 0.758. The van der Waals surface area contributed by atoms with Crippen LogP contribution in [-0.4, -0.2) is 40.8 Å². The number of likely N-dealkylation sites (tertiary alicyclic amines) is 1. The van der Waals surface area contributed by atoms with Crippen LogP contribution in [0.15, 0.2) is 55.3 Å². The van der Waals surface area contributed by atoms with Gasteiger partial charge < -0.3 is 15.5 Å². The van der Waals surface area contributed by atoms with Crippen molar-refractivity contribution in [2.45, 2.75) is 31.2 Å². The third-order valence-electron chi connectivity index (χ3n) is 5.25. The molecule has 2 heterocycles. The topological polar surface area (TPSA) is 74.3 Å². The van der Waals surface area contributed by atoms with E-state index in [1.54, 1.807) is 24.3 Å². The molecule has 1 saturated carbocycles. The first-order chi connectivity index (χ1) is 13.6. The molecule has 1 aliphatic carbocycles. The van der Waals surface area contributed by atoms with Crippen molar-refractivity contribution >= 4 is 23.3 Å². The highest BCUT2D eigenvalue weighted by Gasteiger charge is 2.27. The highest BCUT2D eigenvalue weighted by Crippen LogP contribution is 2.39. The number of anilines is 2. The standard InChI is InChI=1S/C22H24N4O2/c1-2-21(27)25-18-8-5-16(6-9-18)22(28)26-12-11-19(14-26)24-20-10-7-17(13-23-20)15-3-4-15/h2,5-10,13,15,19H,1,3-4,11-12,14H2,(H,23,24)(H,25,27).